The average molecular weight is 323 g/mol. The molecule has 22 heavy (non-hydrogen) atoms. The van der Waals surface area contributed by atoms with Gasteiger partial charge in [0, 0.05) is 26.4 Å². The van der Waals surface area contributed by atoms with E-state index >= 15 is 0 Å². The molecule has 8 nitrogen and oxygen atoms in total. The van der Waals surface area contributed by atoms with Crippen LogP contribution < -0.4 is 5.32 Å². The smallest absolute Gasteiger partial charge is 0.323 e. The molecule has 1 aliphatic heterocycles. The molecule has 0 radical (unpaired) electrons. The first-order chi connectivity index (χ1) is 10.7. The van der Waals surface area contributed by atoms with Crippen LogP contribution in [-0.2, 0) is 4.74 Å². The van der Waals surface area contributed by atoms with Gasteiger partial charge in [0.2, 0.25) is 0 Å². The number of rotatable bonds is 3. The van der Waals surface area contributed by atoms with Gasteiger partial charge in [0.25, 0.3) is 0 Å². The molecule has 0 aromatic carbocycles. The van der Waals surface area contributed by atoms with Crippen molar-refractivity contribution in [2.75, 3.05) is 25.5 Å². The second-order valence-corrected chi connectivity index (χ2v) is 5.41. The van der Waals surface area contributed by atoms with Crippen molar-refractivity contribution in [2.24, 2.45) is 0 Å². The predicted octanol–water partition coefficient (Wildman–Crippen LogP) is 1.50. The maximum absolute atomic E-state index is 12.3. The molecule has 2 aromatic rings. The number of H-pyrrole nitrogens is 1. The van der Waals surface area contributed by atoms with Gasteiger partial charge in [0.05, 0.1) is 28.9 Å². The normalized spacial score (nSPS) is 21.1. The minimum Gasteiger partial charge on any atom is -0.379 e. The van der Waals surface area contributed by atoms with Crippen molar-refractivity contribution in [3.05, 3.63) is 35.2 Å². The highest BCUT2D eigenvalue weighted by atomic mass is 35.5. The highest BCUT2D eigenvalue weighted by Crippen LogP contribution is 2.28. The van der Waals surface area contributed by atoms with Gasteiger partial charge in [-0.15, -0.1) is 0 Å². The second kappa shape index (κ2) is 6.29. The van der Waals surface area contributed by atoms with E-state index in [-0.39, 0.29) is 18.1 Å². The highest BCUT2D eigenvalue weighted by molar-refractivity contribution is 6.30. The van der Waals surface area contributed by atoms with Crippen LogP contribution in [0.2, 0.25) is 5.02 Å². The van der Waals surface area contributed by atoms with Crippen molar-refractivity contribution in [1.82, 2.24) is 25.3 Å². The number of hydrogen-bond acceptors (Lipinski definition) is 5. The number of carbonyl (C=O) groups is 1. The lowest BCUT2D eigenvalue weighted by Crippen LogP contribution is -2.34. The number of amides is 2. The topological polar surface area (TPSA) is 96.0 Å². The zero-order valence-corrected chi connectivity index (χ0v) is 12.6. The van der Waals surface area contributed by atoms with E-state index in [1.54, 1.807) is 30.3 Å². The first kappa shape index (κ1) is 14.7. The predicted molar refractivity (Wildman–Crippen MR) is 79.8 cm³/mol. The van der Waals surface area contributed by atoms with Crippen molar-refractivity contribution in [2.45, 2.75) is 12.0 Å². The van der Waals surface area contributed by atoms with E-state index in [1.165, 1.54) is 6.20 Å². The molecular weight excluding hydrogens is 308 g/mol. The minimum atomic E-state index is -0.233. The molecule has 2 aromatic heterocycles. The van der Waals surface area contributed by atoms with Crippen molar-refractivity contribution >= 4 is 23.4 Å². The Balaban J connectivity index is 1.67. The molecule has 0 saturated carbocycles. The zero-order valence-electron chi connectivity index (χ0n) is 11.9. The maximum Gasteiger partial charge on any atom is 0.323 e. The summed E-state index contributed by atoms with van der Waals surface area (Å²) in [5.41, 5.74) is 0.784. The molecule has 0 aliphatic carbocycles. The monoisotopic (exact) mass is 322 g/mol. The third-order valence-electron chi connectivity index (χ3n) is 3.63. The summed E-state index contributed by atoms with van der Waals surface area (Å²) in [6.45, 7) is 0.984. The van der Waals surface area contributed by atoms with Crippen LogP contribution in [-0.4, -0.2) is 57.6 Å². The molecule has 1 saturated heterocycles. The molecule has 116 valence electrons. The van der Waals surface area contributed by atoms with Gasteiger partial charge < -0.3 is 9.64 Å². The van der Waals surface area contributed by atoms with Crippen LogP contribution in [0, 0.1) is 0 Å². The van der Waals surface area contributed by atoms with Crippen LogP contribution in [0.25, 0.3) is 0 Å². The summed E-state index contributed by atoms with van der Waals surface area (Å²) in [4.78, 5) is 18.0. The van der Waals surface area contributed by atoms with Crippen LogP contribution >= 0.6 is 11.6 Å². The standard InChI is InChI=1S/C13H15ClN6O2/c1-22-11-7-20(6-9(11)10-5-16-19-18-10)13(21)17-12-3-2-8(14)4-15-12/h2-5,9,11H,6-7H2,1H3,(H,15,17,21)(H,16,18,19)/t9-,11+/m0/s1. The Kier molecular flexibility index (Phi) is 4.21. The summed E-state index contributed by atoms with van der Waals surface area (Å²) in [5.74, 6) is 0.445. The fourth-order valence-corrected chi connectivity index (χ4v) is 2.60. The van der Waals surface area contributed by atoms with Crippen LogP contribution in [0.5, 0.6) is 0 Å². The lowest BCUT2D eigenvalue weighted by Gasteiger charge is -2.16. The third-order valence-corrected chi connectivity index (χ3v) is 3.86. The Labute approximate surface area is 131 Å². The number of ether oxygens (including phenoxy) is 1. The van der Waals surface area contributed by atoms with E-state index in [9.17, 15) is 4.79 Å². The number of aromatic amines is 1. The Bertz CT molecular complexity index is 632. The fraction of sp³-hybridized carbons (Fsp3) is 0.385. The Morgan fingerprint density at radius 2 is 2.32 bits per heavy atom. The summed E-state index contributed by atoms with van der Waals surface area (Å²) < 4.78 is 5.46. The van der Waals surface area contributed by atoms with Gasteiger partial charge in [-0.05, 0) is 12.1 Å². The summed E-state index contributed by atoms with van der Waals surface area (Å²) in [7, 11) is 1.62. The average Bonchev–Trinajstić information content (AvgIpc) is 3.17. The number of pyridine rings is 1. The van der Waals surface area contributed by atoms with E-state index in [4.69, 9.17) is 16.3 Å². The van der Waals surface area contributed by atoms with Gasteiger partial charge in [-0.25, -0.2) is 9.78 Å². The fourth-order valence-electron chi connectivity index (χ4n) is 2.49. The lowest BCUT2D eigenvalue weighted by atomic mass is 10.0. The van der Waals surface area contributed by atoms with E-state index in [0.717, 1.165) is 5.69 Å². The van der Waals surface area contributed by atoms with Crippen LogP contribution in [0.4, 0.5) is 10.6 Å². The maximum atomic E-state index is 12.3. The van der Waals surface area contributed by atoms with Gasteiger partial charge in [0.1, 0.15) is 5.82 Å². The molecule has 1 fully saturated rings. The molecular formula is C13H15ClN6O2. The summed E-state index contributed by atoms with van der Waals surface area (Å²) >= 11 is 5.77. The number of likely N-dealkylation sites (tertiary alicyclic amines) is 1. The van der Waals surface area contributed by atoms with Gasteiger partial charge in [-0.2, -0.15) is 15.4 Å². The molecule has 2 atom stereocenters. The third kappa shape index (κ3) is 3.02. The number of carbonyl (C=O) groups excluding carboxylic acids is 1. The number of aromatic nitrogens is 4. The van der Waals surface area contributed by atoms with Crippen molar-refractivity contribution in [3.63, 3.8) is 0 Å². The first-order valence-electron chi connectivity index (χ1n) is 6.73. The van der Waals surface area contributed by atoms with Gasteiger partial charge >= 0.3 is 6.03 Å². The molecule has 9 heteroatoms. The van der Waals surface area contributed by atoms with Crippen LogP contribution in [0.15, 0.2) is 24.5 Å². The van der Waals surface area contributed by atoms with Crippen LogP contribution in [0.3, 0.4) is 0 Å². The van der Waals surface area contributed by atoms with Crippen molar-refractivity contribution in [3.8, 4) is 0 Å². The number of nitrogens with one attached hydrogen (secondary N) is 2. The number of urea groups is 1. The Morgan fingerprint density at radius 3 is 2.95 bits per heavy atom. The van der Waals surface area contributed by atoms with E-state index in [0.29, 0.717) is 23.9 Å². The number of hydrogen-bond donors (Lipinski definition) is 2. The van der Waals surface area contributed by atoms with Crippen molar-refractivity contribution in [1.29, 1.82) is 0 Å². The summed E-state index contributed by atoms with van der Waals surface area (Å²) in [6.07, 6.45) is 3.02. The van der Waals surface area contributed by atoms with E-state index < -0.39 is 0 Å². The molecule has 3 heterocycles. The second-order valence-electron chi connectivity index (χ2n) is 4.97. The molecule has 1 aliphatic rings. The summed E-state index contributed by atoms with van der Waals surface area (Å²) in [5, 5.41) is 13.7. The summed E-state index contributed by atoms with van der Waals surface area (Å²) in [6, 6.07) is 3.09. The number of anilines is 1. The molecule has 0 unspecified atom stereocenters. The molecule has 2 N–H and O–H groups in total. The Hall–Kier alpha value is -2.19. The van der Waals surface area contributed by atoms with Gasteiger partial charge in [-0.3, -0.25) is 5.32 Å². The molecule has 0 spiro atoms. The van der Waals surface area contributed by atoms with Crippen LogP contribution in [0.1, 0.15) is 11.6 Å². The van der Waals surface area contributed by atoms with E-state index in [2.05, 4.69) is 25.7 Å². The Morgan fingerprint density at radius 1 is 1.45 bits per heavy atom. The number of methoxy groups -OCH3 is 1. The number of halogens is 1. The lowest BCUT2D eigenvalue weighted by molar-refractivity contribution is 0.0987. The SMILES string of the molecule is CO[C@@H]1CN(C(=O)Nc2ccc(Cl)cn2)C[C@H]1c1cn[nH]n1. The molecule has 3 rings (SSSR count). The van der Waals surface area contributed by atoms with Gasteiger partial charge in [0.15, 0.2) is 0 Å². The zero-order chi connectivity index (χ0) is 15.5. The quantitative estimate of drug-likeness (QED) is 0.892. The first-order valence-corrected chi connectivity index (χ1v) is 7.11. The molecule has 0 bridgehead atoms. The number of nitrogens with zero attached hydrogens (tertiary/aromatic N) is 4. The van der Waals surface area contributed by atoms with E-state index in [1.807, 2.05) is 0 Å². The van der Waals surface area contributed by atoms with Gasteiger partial charge in [-0.1, -0.05) is 11.6 Å². The minimum absolute atomic E-state index is 0.00678. The van der Waals surface area contributed by atoms with Crippen molar-refractivity contribution < 1.29 is 9.53 Å². The molecule has 2 amide bonds. The highest BCUT2D eigenvalue weighted by Gasteiger charge is 2.37. The largest absolute Gasteiger partial charge is 0.379 e.